The number of rotatable bonds is 3. The van der Waals surface area contributed by atoms with E-state index in [-0.39, 0.29) is 0 Å². The van der Waals surface area contributed by atoms with Crippen molar-refractivity contribution in [2.75, 3.05) is 31.1 Å². The van der Waals surface area contributed by atoms with Crippen molar-refractivity contribution in [2.24, 2.45) is 0 Å². The van der Waals surface area contributed by atoms with Gasteiger partial charge in [-0.25, -0.2) is 18.7 Å². The first kappa shape index (κ1) is 14.8. The first-order valence-electron chi connectivity index (χ1n) is 7.31. The summed E-state index contributed by atoms with van der Waals surface area (Å²) in [5, 5.41) is 0. The van der Waals surface area contributed by atoms with Crippen LogP contribution in [-0.4, -0.2) is 41.0 Å². The van der Waals surface area contributed by atoms with Crippen molar-refractivity contribution >= 4 is 5.82 Å². The predicted molar refractivity (Wildman–Crippen MR) is 80.6 cm³/mol. The fraction of sp³-hybridized carbons (Fsp3) is 0.375. The summed E-state index contributed by atoms with van der Waals surface area (Å²) in [4.78, 5) is 12.8. The summed E-state index contributed by atoms with van der Waals surface area (Å²) < 4.78 is 26.4. The molecule has 0 radical (unpaired) electrons. The number of anilines is 1. The number of halogens is 2. The summed E-state index contributed by atoms with van der Waals surface area (Å²) in [7, 11) is 0. The van der Waals surface area contributed by atoms with Crippen LogP contribution in [0.5, 0.6) is 0 Å². The molecule has 0 spiro atoms. The Bertz CT molecular complexity index is 634. The van der Waals surface area contributed by atoms with Gasteiger partial charge < -0.3 is 4.90 Å². The van der Waals surface area contributed by atoms with Gasteiger partial charge in [-0.05, 0) is 24.6 Å². The summed E-state index contributed by atoms with van der Waals surface area (Å²) in [5.41, 5.74) is 1.62. The summed E-state index contributed by atoms with van der Waals surface area (Å²) in [6, 6.07) is 5.66. The number of hydrogen-bond donors (Lipinski definition) is 0. The van der Waals surface area contributed by atoms with Gasteiger partial charge in [-0.15, -0.1) is 0 Å². The number of piperazine rings is 1. The second-order valence-corrected chi connectivity index (χ2v) is 5.56. The fourth-order valence-corrected chi connectivity index (χ4v) is 2.71. The standard InChI is InChI=1S/C16H18F2N4/c1-12-6-16(20-11-19-12)22-4-2-21(3-5-22)10-13-7-14(17)9-15(18)8-13/h6-9,11H,2-5,10H2,1H3. The highest BCUT2D eigenvalue weighted by Gasteiger charge is 2.18. The van der Waals surface area contributed by atoms with Gasteiger partial charge in [0.15, 0.2) is 0 Å². The normalized spacial score (nSPS) is 16.0. The molecular weight excluding hydrogens is 286 g/mol. The lowest BCUT2D eigenvalue weighted by molar-refractivity contribution is 0.248. The van der Waals surface area contributed by atoms with Crippen LogP contribution in [0.1, 0.15) is 11.3 Å². The molecule has 4 nitrogen and oxygen atoms in total. The van der Waals surface area contributed by atoms with Crippen molar-refractivity contribution in [1.82, 2.24) is 14.9 Å². The number of hydrogen-bond acceptors (Lipinski definition) is 4. The highest BCUT2D eigenvalue weighted by atomic mass is 19.1. The van der Waals surface area contributed by atoms with Gasteiger partial charge in [0, 0.05) is 50.6 Å². The Labute approximate surface area is 128 Å². The smallest absolute Gasteiger partial charge is 0.132 e. The van der Waals surface area contributed by atoms with Crippen molar-refractivity contribution < 1.29 is 8.78 Å². The minimum absolute atomic E-state index is 0.523. The number of benzene rings is 1. The first-order valence-corrected chi connectivity index (χ1v) is 7.31. The average Bonchev–Trinajstić information content (AvgIpc) is 2.47. The Kier molecular flexibility index (Phi) is 4.29. The summed E-state index contributed by atoms with van der Waals surface area (Å²) in [5.74, 6) is -0.112. The quantitative estimate of drug-likeness (QED) is 0.871. The van der Waals surface area contributed by atoms with Crippen LogP contribution in [0.25, 0.3) is 0 Å². The van der Waals surface area contributed by atoms with Gasteiger partial charge in [0.05, 0.1) is 0 Å². The second kappa shape index (κ2) is 6.36. The van der Waals surface area contributed by atoms with Gasteiger partial charge >= 0.3 is 0 Å². The molecule has 1 saturated heterocycles. The van der Waals surface area contributed by atoms with Crippen molar-refractivity contribution in [1.29, 1.82) is 0 Å². The zero-order valence-electron chi connectivity index (χ0n) is 12.5. The minimum atomic E-state index is -0.523. The van der Waals surface area contributed by atoms with Gasteiger partial charge in [0.2, 0.25) is 0 Å². The highest BCUT2D eigenvalue weighted by molar-refractivity contribution is 5.39. The van der Waals surface area contributed by atoms with Crippen LogP contribution >= 0.6 is 0 Å². The van der Waals surface area contributed by atoms with Crippen LogP contribution in [0.3, 0.4) is 0 Å². The Morgan fingerprint density at radius 1 is 0.955 bits per heavy atom. The van der Waals surface area contributed by atoms with Crippen molar-refractivity contribution in [3.63, 3.8) is 0 Å². The molecule has 0 N–H and O–H groups in total. The van der Waals surface area contributed by atoms with E-state index in [0.29, 0.717) is 12.1 Å². The maximum absolute atomic E-state index is 13.2. The van der Waals surface area contributed by atoms with Crippen molar-refractivity contribution in [3.8, 4) is 0 Å². The molecule has 0 atom stereocenters. The van der Waals surface area contributed by atoms with E-state index in [1.807, 2.05) is 13.0 Å². The molecule has 6 heteroatoms. The molecule has 22 heavy (non-hydrogen) atoms. The van der Waals surface area contributed by atoms with Gasteiger partial charge in [-0.1, -0.05) is 0 Å². The molecule has 0 saturated carbocycles. The van der Waals surface area contributed by atoms with Crippen molar-refractivity contribution in [2.45, 2.75) is 13.5 Å². The molecule has 116 valence electrons. The van der Waals surface area contributed by atoms with E-state index >= 15 is 0 Å². The molecular formula is C16H18F2N4. The Balaban J connectivity index is 1.60. The molecule has 0 aliphatic carbocycles. The van der Waals surface area contributed by atoms with Gasteiger partial charge in [-0.3, -0.25) is 4.90 Å². The number of nitrogens with zero attached hydrogens (tertiary/aromatic N) is 4. The summed E-state index contributed by atoms with van der Waals surface area (Å²) in [6.07, 6.45) is 1.58. The molecule has 0 bridgehead atoms. The maximum atomic E-state index is 13.2. The van der Waals surface area contributed by atoms with E-state index in [1.54, 1.807) is 6.33 Å². The van der Waals surface area contributed by atoms with Gasteiger partial charge in [0.1, 0.15) is 23.8 Å². The van der Waals surface area contributed by atoms with E-state index < -0.39 is 11.6 Å². The summed E-state index contributed by atoms with van der Waals surface area (Å²) in [6.45, 7) is 5.86. The third kappa shape index (κ3) is 3.57. The second-order valence-electron chi connectivity index (χ2n) is 5.56. The van der Waals surface area contributed by atoms with E-state index in [2.05, 4.69) is 19.8 Å². The number of aromatic nitrogens is 2. The minimum Gasteiger partial charge on any atom is -0.354 e. The van der Waals surface area contributed by atoms with Crippen molar-refractivity contribution in [3.05, 3.63) is 53.5 Å². The molecule has 1 fully saturated rings. The lowest BCUT2D eigenvalue weighted by Crippen LogP contribution is -2.46. The molecule has 0 unspecified atom stereocenters. The van der Waals surface area contributed by atoms with E-state index in [4.69, 9.17) is 0 Å². The largest absolute Gasteiger partial charge is 0.354 e. The van der Waals surface area contributed by atoms with Crippen LogP contribution in [-0.2, 0) is 6.54 Å². The van der Waals surface area contributed by atoms with Crippen LogP contribution < -0.4 is 4.90 Å². The van der Waals surface area contributed by atoms with E-state index in [9.17, 15) is 8.78 Å². The predicted octanol–water partition coefficient (Wildman–Crippen LogP) is 2.39. The van der Waals surface area contributed by atoms with Crippen LogP contribution in [0.15, 0.2) is 30.6 Å². The molecule has 1 aliphatic heterocycles. The van der Waals surface area contributed by atoms with Crippen LogP contribution in [0.2, 0.25) is 0 Å². The number of aryl methyl sites for hydroxylation is 1. The average molecular weight is 304 g/mol. The molecule has 0 amide bonds. The maximum Gasteiger partial charge on any atom is 0.132 e. The SMILES string of the molecule is Cc1cc(N2CCN(Cc3cc(F)cc(F)c3)CC2)ncn1. The molecule has 2 heterocycles. The highest BCUT2D eigenvalue weighted by Crippen LogP contribution is 2.16. The Morgan fingerprint density at radius 2 is 1.64 bits per heavy atom. The zero-order valence-corrected chi connectivity index (χ0v) is 12.5. The topological polar surface area (TPSA) is 32.3 Å². The first-order chi connectivity index (χ1) is 10.6. The van der Waals surface area contributed by atoms with Crippen LogP contribution in [0.4, 0.5) is 14.6 Å². The van der Waals surface area contributed by atoms with Crippen LogP contribution in [0, 0.1) is 18.6 Å². The molecule has 3 rings (SSSR count). The van der Waals surface area contributed by atoms with E-state index in [1.165, 1.54) is 12.1 Å². The summed E-state index contributed by atoms with van der Waals surface area (Å²) >= 11 is 0. The lowest BCUT2D eigenvalue weighted by atomic mass is 10.2. The van der Waals surface area contributed by atoms with Gasteiger partial charge in [0.25, 0.3) is 0 Å². The van der Waals surface area contributed by atoms with E-state index in [0.717, 1.165) is 43.8 Å². The lowest BCUT2D eigenvalue weighted by Gasteiger charge is -2.35. The Hall–Kier alpha value is -2.08. The Morgan fingerprint density at radius 3 is 2.27 bits per heavy atom. The third-order valence-electron chi connectivity index (χ3n) is 3.81. The zero-order chi connectivity index (χ0) is 15.5. The third-order valence-corrected chi connectivity index (χ3v) is 3.81. The molecule has 1 aliphatic rings. The van der Waals surface area contributed by atoms with Gasteiger partial charge in [-0.2, -0.15) is 0 Å². The molecule has 1 aromatic carbocycles. The fourth-order valence-electron chi connectivity index (χ4n) is 2.71. The molecule has 2 aromatic rings. The molecule has 1 aromatic heterocycles. The monoisotopic (exact) mass is 304 g/mol.